The van der Waals surface area contributed by atoms with Crippen molar-refractivity contribution >= 4 is 23.4 Å². The number of carboxylic acid groups (broad SMARTS) is 1. The number of halogens is 3. The molecule has 1 aromatic carbocycles. The number of nitrogens with zero attached hydrogens (tertiary/aromatic N) is 2. The minimum atomic E-state index is -4.67. The van der Waals surface area contributed by atoms with Crippen molar-refractivity contribution in [3.8, 4) is 0 Å². The maximum absolute atomic E-state index is 13.1. The highest BCUT2D eigenvalue weighted by Gasteiger charge is 2.53. The molecule has 1 aliphatic heterocycles. The molecule has 3 rings (SSSR count). The Bertz CT molecular complexity index is 735. The van der Waals surface area contributed by atoms with E-state index in [0.29, 0.717) is 11.7 Å². The van der Waals surface area contributed by atoms with E-state index in [1.165, 1.54) is 0 Å². The number of alkyl halides is 3. The molecule has 6 nitrogen and oxygen atoms in total. The number of para-hydroxylation sites is 2. The van der Waals surface area contributed by atoms with Crippen LogP contribution in [0.2, 0.25) is 0 Å². The number of nitrogens with one attached hydrogen (secondary N) is 1. The van der Waals surface area contributed by atoms with E-state index in [1.807, 2.05) is 19.2 Å². The molecular formula is C19H24F3N3O3. The van der Waals surface area contributed by atoms with E-state index in [4.69, 9.17) is 5.11 Å². The van der Waals surface area contributed by atoms with Gasteiger partial charge >= 0.3 is 18.2 Å². The number of amides is 2. The summed E-state index contributed by atoms with van der Waals surface area (Å²) in [6.45, 7) is -1.13. The van der Waals surface area contributed by atoms with Gasteiger partial charge in [-0.1, -0.05) is 25.0 Å². The topological polar surface area (TPSA) is 72.9 Å². The molecule has 1 heterocycles. The number of rotatable bonds is 4. The van der Waals surface area contributed by atoms with Crippen LogP contribution in [0.4, 0.5) is 29.3 Å². The van der Waals surface area contributed by atoms with Crippen LogP contribution in [0.3, 0.4) is 0 Å². The number of hydrogen-bond acceptors (Lipinski definition) is 3. The van der Waals surface area contributed by atoms with Crippen LogP contribution in [-0.4, -0.2) is 54.4 Å². The summed E-state index contributed by atoms with van der Waals surface area (Å²) in [7, 11) is 1.94. The minimum absolute atomic E-state index is 0.357. The van der Waals surface area contributed by atoms with Crippen LogP contribution in [0.5, 0.6) is 0 Å². The number of benzene rings is 1. The van der Waals surface area contributed by atoms with Crippen LogP contribution in [0.25, 0.3) is 0 Å². The molecule has 2 atom stereocenters. The summed E-state index contributed by atoms with van der Waals surface area (Å²) in [5.41, 5.74) is 1.30. The van der Waals surface area contributed by atoms with Gasteiger partial charge in [-0.2, -0.15) is 13.2 Å². The lowest BCUT2D eigenvalue weighted by Crippen LogP contribution is -2.36. The quantitative estimate of drug-likeness (QED) is 0.808. The lowest BCUT2D eigenvalue weighted by molar-refractivity contribution is -0.187. The number of carbonyl (C=O) groups is 2. The van der Waals surface area contributed by atoms with Gasteiger partial charge in [0, 0.05) is 26.2 Å². The van der Waals surface area contributed by atoms with Crippen LogP contribution >= 0.6 is 0 Å². The lowest BCUT2D eigenvalue weighted by atomic mass is 9.96. The number of hydrogen-bond donors (Lipinski definition) is 2. The predicted molar refractivity (Wildman–Crippen MR) is 98.4 cm³/mol. The van der Waals surface area contributed by atoms with Crippen molar-refractivity contribution in [2.24, 2.45) is 11.8 Å². The molecule has 1 aliphatic carbocycles. The van der Waals surface area contributed by atoms with Crippen LogP contribution in [0.15, 0.2) is 24.3 Å². The Hall–Kier alpha value is -2.45. The standard InChI is InChI=1S/C19H24F3N3O3/c1-24(12-6-2-3-7-12)16-9-5-4-8-15(16)23-18(28)25-10-13(17(26)27)14(11-25)19(20,21)22/h4-5,8-9,12-14H,2-3,6-7,10-11H2,1H3,(H,23,28)(H,26,27)/t13-,14-/m1/s1. The van der Waals surface area contributed by atoms with E-state index in [1.54, 1.807) is 12.1 Å². The molecule has 2 amide bonds. The van der Waals surface area contributed by atoms with E-state index >= 15 is 0 Å². The second kappa shape index (κ2) is 7.89. The first-order valence-corrected chi connectivity index (χ1v) is 9.35. The third kappa shape index (κ3) is 4.18. The minimum Gasteiger partial charge on any atom is -0.481 e. The zero-order chi connectivity index (χ0) is 20.5. The second-order valence-electron chi connectivity index (χ2n) is 7.49. The SMILES string of the molecule is CN(c1ccccc1NC(=O)N1C[C@@H](C(F)(F)F)[C@H](C(=O)O)C1)C1CCCC1. The highest BCUT2D eigenvalue weighted by Crippen LogP contribution is 2.38. The zero-order valence-corrected chi connectivity index (χ0v) is 15.6. The average molecular weight is 399 g/mol. The number of carboxylic acids is 1. The summed E-state index contributed by atoms with van der Waals surface area (Å²) >= 11 is 0. The van der Waals surface area contributed by atoms with Gasteiger partial charge in [-0.15, -0.1) is 0 Å². The molecule has 154 valence electrons. The molecule has 2 aliphatic rings. The number of aliphatic carboxylic acids is 1. The molecular weight excluding hydrogens is 375 g/mol. The number of anilines is 2. The van der Waals surface area contributed by atoms with Gasteiger partial charge in [0.2, 0.25) is 0 Å². The maximum atomic E-state index is 13.1. The summed E-state index contributed by atoms with van der Waals surface area (Å²) < 4.78 is 39.4. The van der Waals surface area contributed by atoms with E-state index in [9.17, 15) is 22.8 Å². The number of carbonyl (C=O) groups excluding carboxylic acids is 1. The van der Waals surface area contributed by atoms with Crippen molar-refractivity contribution < 1.29 is 27.9 Å². The molecule has 9 heteroatoms. The van der Waals surface area contributed by atoms with Crippen LogP contribution in [-0.2, 0) is 4.79 Å². The molecule has 0 unspecified atom stereocenters. The first kappa shape index (κ1) is 20.3. The van der Waals surface area contributed by atoms with Gasteiger partial charge in [0.05, 0.1) is 23.2 Å². The Kier molecular flexibility index (Phi) is 5.71. The molecule has 1 saturated carbocycles. The lowest BCUT2D eigenvalue weighted by Gasteiger charge is -2.29. The van der Waals surface area contributed by atoms with Gasteiger partial charge in [0.1, 0.15) is 0 Å². The molecule has 2 fully saturated rings. The number of likely N-dealkylation sites (tertiary alicyclic amines) is 1. The summed E-state index contributed by atoms with van der Waals surface area (Å²) in [5, 5.41) is 11.8. The van der Waals surface area contributed by atoms with Gasteiger partial charge in [0.15, 0.2) is 0 Å². The van der Waals surface area contributed by atoms with Crippen molar-refractivity contribution in [1.29, 1.82) is 0 Å². The highest BCUT2D eigenvalue weighted by atomic mass is 19.4. The van der Waals surface area contributed by atoms with Crippen LogP contribution in [0.1, 0.15) is 25.7 Å². The van der Waals surface area contributed by atoms with Crippen molar-refractivity contribution in [2.75, 3.05) is 30.4 Å². The Balaban J connectivity index is 1.74. The molecule has 0 aromatic heterocycles. The fraction of sp³-hybridized carbons (Fsp3) is 0.579. The van der Waals surface area contributed by atoms with E-state index in [-0.39, 0.29) is 0 Å². The van der Waals surface area contributed by atoms with Crippen molar-refractivity contribution in [3.05, 3.63) is 24.3 Å². The Morgan fingerprint density at radius 1 is 1.18 bits per heavy atom. The first-order chi connectivity index (χ1) is 13.2. The second-order valence-corrected chi connectivity index (χ2v) is 7.49. The van der Waals surface area contributed by atoms with E-state index in [2.05, 4.69) is 10.2 Å². The third-order valence-electron chi connectivity index (χ3n) is 5.74. The fourth-order valence-electron chi connectivity index (χ4n) is 4.12. The summed E-state index contributed by atoms with van der Waals surface area (Å²) in [6.07, 6.45) is -0.269. The van der Waals surface area contributed by atoms with E-state index < -0.39 is 43.1 Å². The summed E-state index contributed by atoms with van der Waals surface area (Å²) in [6, 6.07) is 6.78. The predicted octanol–water partition coefficient (Wildman–Crippen LogP) is 3.79. The van der Waals surface area contributed by atoms with Crippen LogP contribution < -0.4 is 10.2 Å². The molecule has 0 spiro atoms. The van der Waals surface area contributed by atoms with Gasteiger partial charge in [-0.3, -0.25) is 4.79 Å². The van der Waals surface area contributed by atoms with Crippen molar-refractivity contribution in [2.45, 2.75) is 37.9 Å². The molecule has 0 bridgehead atoms. The number of urea groups is 1. The zero-order valence-electron chi connectivity index (χ0n) is 15.6. The maximum Gasteiger partial charge on any atom is 0.394 e. The Labute approximate surface area is 161 Å². The molecule has 0 radical (unpaired) electrons. The summed E-state index contributed by atoms with van der Waals surface area (Å²) in [4.78, 5) is 26.8. The van der Waals surface area contributed by atoms with Gasteiger partial charge in [0.25, 0.3) is 0 Å². The molecule has 28 heavy (non-hydrogen) atoms. The fourth-order valence-corrected chi connectivity index (χ4v) is 4.12. The molecule has 1 saturated heterocycles. The third-order valence-corrected chi connectivity index (χ3v) is 5.74. The normalized spacial score (nSPS) is 23.1. The largest absolute Gasteiger partial charge is 0.481 e. The molecule has 2 N–H and O–H groups in total. The summed E-state index contributed by atoms with van der Waals surface area (Å²) in [5.74, 6) is -5.26. The van der Waals surface area contributed by atoms with Crippen LogP contribution in [0, 0.1) is 11.8 Å². The Morgan fingerprint density at radius 2 is 1.82 bits per heavy atom. The Morgan fingerprint density at radius 3 is 2.39 bits per heavy atom. The van der Waals surface area contributed by atoms with E-state index in [0.717, 1.165) is 36.3 Å². The average Bonchev–Trinajstić information content (AvgIpc) is 3.31. The van der Waals surface area contributed by atoms with Crippen molar-refractivity contribution in [1.82, 2.24) is 4.90 Å². The van der Waals surface area contributed by atoms with Gasteiger partial charge < -0.3 is 20.2 Å². The smallest absolute Gasteiger partial charge is 0.394 e. The van der Waals surface area contributed by atoms with Crippen molar-refractivity contribution in [3.63, 3.8) is 0 Å². The highest BCUT2D eigenvalue weighted by molar-refractivity contribution is 5.94. The molecule has 1 aromatic rings. The first-order valence-electron chi connectivity index (χ1n) is 9.35. The monoisotopic (exact) mass is 399 g/mol. The van der Waals surface area contributed by atoms with Gasteiger partial charge in [-0.25, -0.2) is 4.79 Å². The van der Waals surface area contributed by atoms with Gasteiger partial charge in [-0.05, 0) is 25.0 Å².